The van der Waals surface area contributed by atoms with Crippen molar-refractivity contribution in [1.82, 2.24) is 10.6 Å². The van der Waals surface area contributed by atoms with Gasteiger partial charge in [0.25, 0.3) is 0 Å². The smallest absolute Gasteiger partial charge is 0.237 e. The molecule has 1 aromatic heterocycles. The van der Waals surface area contributed by atoms with Crippen LogP contribution >= 0.6 is 11.3 Å². The number of aliphatic hydroxyl groups is 1. The zero-order chi connectivity index (χ0) is 11.5. The molecule has 2 atom stereocenters. The van der Waals surface area contributed by atoms with Crippen molar-refractivity contribution < 1.29 is 9.90 Å². The van der Waals surface area contributed by atoms with Crippen molar-refractivity contribution >= 4 is 17.2 Å². The Kier molecular flexibility index (Phi) is 3.58. The second-order valence-electron chi connectivity index (χ2n) is 4.08. The number of hydrogen-bond donors (Lipinski definition) is 3. The Hall–Kier alpha value is -0.910. The minimum absolute atomic E-state index is 0.0254. The largest absolute Gasteiger partial charge is 0.392 e. The van der Waals surface area contributed by atoms with Crippen molar-refractivity contribution in [3.05, 3.63) is 21.9 Å². The molecule has 2 heterocycles. The lowest BCUT2D eigenvalue weighted by Gasteiger charge is -2.09. The third-order valence-electron chi connectivity index (χ3n) is 2.66. The van der Waals surface area contributed by atoms with Crippen LogP contribution in [0.4, 0.5) is 0 Å². The van der Waals surface area contributed by atoms with Gasteiger partial charge in [-0.25, -0.2) is 0 Å². The summed E-state index contributed by atoms with van der Waals surface area (Å²) in [4.78, 5) is 14.1. The molecule has 0 aliphatic carbocycles. The number of rotatable bonds is 3. The Balaban J connectivity index is 1.80. The maximum absolute atomic E-state index is 11.7. The summed E-state index contributed by atoms with van der Waals surface area (Å²) in [5.74, 6) is -0.0254. The van der Waals surface area contributed by atoms with Gasteiger partial charge in [0.15, 0.2) is 0 Å². The Morgan fingerprint density at radius 3 is 3.06 bits per heavy atom. The van der Waals surface area contributed by atoms with Crippen LogP contribution in [-0.2, 0) is 11.3 Å². The number of thiophene rings is 1. The summed E-state index contributed by atoms with van der Waals surface area (Å²) in [5, 5.41) is 15.2. The van der Waals surface area contributed by atoms with Crippen LogP contribution in [0.15, 0.2) is 12.1 Å². The van der Waals surface area contributed by atoms with Crippen LogP contribution in [0, 0.1) is 6.92 Å². The molecule has 1 saturated heterocycles. The van der Waals surface area contributed by atoms with Crippen molar-refractivity contribution in [3.63, 3.8) is 0 Å². The number of aryl methyl sites for hydroxylation is 1. The molecule has 3 N–H and O–H groups in total. The number of carbonyl (C=O) groups is 1. The third kappa shape index (κ3) is 2.81. The zero-order valence-corrected chi connectivity index (χ0v) is 10.0. The van der Waals surface area contributed by atoms with E-state index in [4.69, 9.17) is 0 Å². The van der Waals surface area contributed by atoms with Crippen LogP contribution < -0.4 is 10.6 Å². The second kappa shape index (κ2) is 4.95. The van der Waals surface area contributed by atoms with Gasteiger partial charge in [0.05, 0.1) is 18.7 Å². The summed E-state index contributed by atoms with van der Waals surface area (Å²) in [6.07, 6.45) is 0.120. The standard InChI is InChI=1S/C11H16N2O2S/c1-7-2-3-9(16-7)6-13-11(15)10-4-8(14)5-12-10/h2-3,8,10,12,14H,4-6H2,1H3,(H,13,15). The molecule has 1 aromatic rings. The van der Waals surface area contributed by atoms with Crippen molar-refractivity contribution in [2.45, 2.75) is 32.0 Å². The Morgan fingerprint density at radius 2 is 2.50 bits per heavy atom. The number of nitrogens with one attached hydrogen (secondary N) is 2. The first-order valence-corrected chi connectivity index (χ1v) is 6.21. The first-order valence-electron chi connectivity index (χ1n) is 5.39. The molecule has 0 bridgehead atoms. The summed E-state index contributed by atoms with van der Waals surface area (Å²) in [6, 6.07) is 3.83. The van der Waals surface area contributed by atoms with E-state index >= 15 is 0 Å². The first kappa shape index (κ1) is 11.6. The fraction of sp³-hybridized carbons (Fsp3) is 0.545. The first-order chi connectivity index (χ1) is 7.65. The van der Waals surface area contributed by atoms with E-state index in [-0.39, 0.29) is 18.1 Å². The molecule has 1 fully saturated rings. The highest BCUT2D eigenvalue weighted by molar-refractivity contribution is 7.11. The zero-order valence-electron chi connectivity index (χ0n) is 9.19. The topological polar surface area (TPSA) is 61.4 Å². The van der Waals surface area contributed by atoms with Crippen molar-refractivity contribution in [2.75, 3.05) is 6.54 Å². The number of aliphatic hydroxyl groups excluding tert-OH is 1. The van der Waals surface area contributed by atoms with E-state index in [0.29, 0.717) is 19.5 Å². The molecule has 4 nitrogen and oxygen atoms in total. The maximum Gasteiger partial charge on any atom is 0.237 e. The quantitative estimate of drug-likeness (QED) is 0.716. The molecule has 0 radical (unpaired) electrons. The van der Waals surface area contributed by atoms with Crippen LogP contribution in [0.2, 0.25) is 0 Å². The van der Waals surface area contributed by atoms with Gasteiger partial charge in [-0.05, 0) is 25.5 Å². The van der Waals surface area contributed by atoms with E-state index in [1.54, 1.807) is 11.3 Å². The summed E-state index contributed by atoms with van der Waals surface area (Å²) in [6.45, 7) is 3.13. The van der Waals surface area contributed by atoms with Gasteiger partial charge < -0.3 is 15.7 Å². The summed E-state index contributed by atoms with van der Waals surface area (Å²) in [7, 11) is 0. The highest BCUT2D eigenvalue weighted by atomic mass is 32.1. The Bertz CT molecular complexity index is 378. The Labute approximate surface area is 98.7 Å². The van der Waals surface area contributed by atoms with Gasteiger partial charge in [0.2, 0.25) is 5.91 Å². The van der Waals surface area contributed by atoms with E-state index in [1.165, 1.54) is 4.88 Å². The van der Waals surface area contributed by atoms with E-state index in [2.05, 4.69) is 10.6 Å². The number of hydrogen-bond acceptors (Lipinski definition) is 4. The predicted octanol–water partition coefficient (Wildman–Crippen LogP) is 0.396. The van der Waals surface area contributed by atoms with Crippen molar-refractivity contribution in [3.8, 4) is 0 Å². The second-order valence-corrected chi connectivity index (χ2v) is 5.45. The molecule has 2 unspecified atom stereocenters. The molecule has 1 amide bonds. The highest BCUT2D eigenvalue weighted by Crippen LogP contribution is 2.14. The van der Waals surface area contributed by atoms with E-state index in [0.717, 1.165) is 4.88 Å². The molecule has 0 aromatic carbocycles. The summed E-state index contributed by atoms with van der Waals surface area (Å²) < 4.78 is 0. The highest BCUT2D eigenvalue weighted by Gasteiger charge is 2.27. The monoisotopic (exact) mass is 240 g/mol. The number of carbonyl (C=O) groups excluding carboxylic acids is 1. The van der Waals surface area contributed by atoms with Crippen LogP contribution in [0.3, 0.4) is 0 Å². The number of β-amino-alcohol motifs (C(OH)–C–C–N with tert-alkyl or cyclic N) is 1. The van der Waals surface area contributed by atoms with Gasteiger partial charge in [0, 0.05) is 16.3 Å². The van der Waals surface area contributed by atoms with E-state index < -0.39 is 0 Å². The lowest BCUT2D eigenvalue weighted by molar-refractivity contribution is -0.123. The lowest BCUT2D eigenvalue weighted by atomic mass is 10.2. The average molecular weight is 240 g/mol. The predicted molar refractivity (Wildman–Crippen MR) is 63.3 cm³/mol. The maximum atomic E-state index is 11.7. The summed E-state index contributed by atoms with van der Waals surface area (Å²) >= 11 is 1.69. The van der Waals surface area contributed by atoms with Gasteiger partial charge in [-0.1, -0.05) is 0 Å². The van der Waals surface area contributed by atoms with Crippen LogP contribution in [0.5, 0.6) is 0 Å². The SMILES string of the molecule is Cc1ccc(CNC(=O)C2CC(O)CN2)s1. The van der Waals surface area contributed by atoms with Gasteiger partial charge >= 0.3 is 0 Å². The molecule has 5 heteroatoms. The van der Waals surface area contributed by atoms with E-state index in [9.17, 15) is 9.90 Å². The fourth-order valence-corrected chi connectivity index (χ4v) is 2.62. The van der Waals surface area contributed by atoms with Crippen LogP contribution in [-0.4, -0.2) is 29.7 Å². The van der Waals surface area contributed by atoms with Crippen molar-refractivity contribution in [1.29, 1.82) is 0 Å². The lowest BCUT2D eigenvalue weighted by Crippen LogP contribution is -2.39. The van der Waals surface area contributed by atoms with E-state index in [1.807, 2.05) is 19.1 Å². The van der Waals surface area contributed by atoms with Gasteiger partial charge in [0.1, 0.15) is 0 Å². The molecule has 0 spiro atoms. The summed E-state index contributed by atoms with van der Waals surface area (Å²) in [5.41, 5.74) is 0. The van der Waals surface area contributed by atoms with Crippen molar-refractivity contribution in [2.24, 2.45) is 0 Å². The molecule has 1 aliphatic heterocycles. The molecular formula is C11H16N2O2S. The van der Waals surface area contributed by atoms with Crippen LogP contribution in [0.1, 0.15) is 16.2 Å². The van der Waals surface area contributed by atoms with Gasteiger partial charge in [-0.15, -0.1) is 11.3 Å². The molecule has 1 aliphatic rings. The third-order valence-corrected chi connectivity index (χ3v) is 3.66. The fourth-order valence-electron chi connectivity index (χ4n) is 1.79. The number of amides is 1. The molecule has 16 heavy (non-hydrogen) atoms. The minimum atomic E-state index is -0.389. The van der Waals surface area contributed by atoms with Gasteiger partial charge in [-0.2, -0.15) is 0 Å². The molecular weight excluding hydrogens is 224 g/mol. The van der Waals surface area contributed by atoms with Gasteiger partial charge in [-0.3, -0.25) is 4.79 Å². The molecule has 2 rings (SSSR count). The normalized spacial score (nSPS) is 24.6. The van der Waals surface area contributed by atoms with Crippen LogP contribution in [0.25, 0.3) is 0 Å². The average Bonchev–Trinajstić information content (AvgIpc) is 2.84. The molecule has 88 valence electrons. The minimum Gasteiger partial charge on any atom is -0.392 e. The molecule has 0 saturated carbocycles. The Morgan fingerprint density at radius 1 is 1.69 bits per heavy atom.